The van der Waals surface area contributed by atoms with Gasteiger partial charge in [0, 0.05) is 25.7 Å². The lowest BCUT2D eigenvalue weighted by atomic mass is 9.91. The van der Waals surface area contributed by atoms with E-state index in [9.17, 15) is 10.1 Å². The number of carbonyl (C=O) groups is 1. The predicted molar refractivity (Wildman–Crippen MR) is 106 cm³/mol. The number of hydrogen-bond donors (Lipinski definition) is 0. The molecule has 3 rings (SSSR count). The minimum atomic E-state index is 0.0145. The smallest absolute Gasteiger partial charge is 0.257 e. The maximum Gasteiger partial charge on any atom is 0.257 e. The van der Waals surface area contributed by atoms with E-state index in [4.69, 9.17) is 4.42 Å². The molecule has 1 aromatic heterocycles. The Bertz CT molecular complexity index is 891. The zero-order valence-corrected chi connectivity index (χ0v) is 16.7. The molecule has 27 heavy (non-hydrogen) atoms. The molecule has 142 valence electrons. The van der Waals surface area contributed by atoms with Crippen molar-refractivity contribution in [3.8, 4) is 6.07 Å². The monoisotopic (exact) mass is 365 g/mol. The van der Waals surface area contributed by atoms with Crippen LogP contribution in [-0.4, -0.2) is 36.5 Å². The first-order valence-corrected chi connectivity index (χ1v) is 9.48. The Morgan fingerprint density at radius 3 is 2.56 bits per heavy atom. The SMILES string of the molecule is Cc1ccc(N2CCN(C(=O)c3ccoc3C)C(C)C2)c(C#N)c1C(C)C. The Kier molecular flexibility index (Phi) is 5.27. The normalized spacial score (nSPS) is 17.3. The summed E-state index contributed by atoms with van der Waals surface area (Å²) in [7, 11) is 0. The molecule has 1 fully saturated rings. The number of nitrogens with zero attached hydrogens (tertiary/aromatic N) is 3. The lowest BCUT2D eigenvalue weighted by molar-refractivity contribution is 0.0672. The number of benzene rings is 1. The first kappa shape index (κ1) is 19.0. The van der Waals surface area contributed by atoms with E-state index in [0.717, 1.165) is 22.4 Å². The Labute approximate surface area is 161 Å². The van der Waals surface area contributed by atoms with Crippen molar-refractivity contribution < 1.29 is 9.21 Å². The number of anilines is 1. The van der Waals surface area contributed by atoms with Gasteiger partial charge in [0.25, 0.3) is 5.91 Å². The molecule has 1 amide bonds. The Hall–Kier alpha value is -2.74. The van der Waals surface area contributed by atoms with Crippen LogP contribution in [0.2, 0.25) is 0 Å². The second-order valence-electron chi connectivity index (χ2n) is 7.64. The van der Waals surface area contributed by atoms with Crippen LogP contribution in [0.1, 0.15) is 59.5 Å². The van der Waals surface area contributed by atoms with Crippen molar-refractivity contribution in [1.82, 2.24) is 4.90 Å². The van der Waals surface area contributed by atoms with E-state index in [-0.39, 0.29) is 11.9 Å². The molecular weight excluding hydrogens is 338 g/mol. The highest BCUT2D eigenvalue weighted by Gasteiger charge is 2.31. The minimum Gasteiger partial charge on any atom is -0.469 e. The number of carbonyl (C=O) groups excluding carboxylic acids is 1. The predicted octanol–water partition coefficient (Wildman–Crippen LogP) is 4.24. The van der Waals surface area contributed by atoms with Gasteiger partial charge < -0.3 is 14.2 Å². The lowest BCUT2D eigenvalue weighted by Gasteiger charge is -2.41. The van der Waals surface area contributed by atoms with Crippen LogP contribution >= 0.6 is 0 Å². The van der Waals surface area contributed by atoms with Crippen molar-refractivity contribution >= 4 is 11.6 Å². The van der Waals surface area contributed by atoms with Gasteiger partial charge in [0.2, 0.25) is 0 Å². The molecule has 1 saturated heterocycles. The number of nitriles is 1. The molecule has 0 N–H and O–H groups in total. The first-order valence-electron chi connectivity index (χ1n) is 9.48. The molecule has 0 spiro atoms. The van der Waals surface area contributed by atoms with Gasteiger partial charge in [-0.1, -0.05) is 19.9 Å². The van der Waals surface area contributed by atoms with Crippen molar-refractivity contribution in [3.05, 3.63) is 52.5 Å². The highest BCUT2D eigenvalue weighted by molar-refractivity contribution is 5.95. The summed E-state index contributed by atoms with van der Waals surface area (Å²) < 4.78 is 5.29. The fourth-order valence-electron chi connectivity index (χ4n) is 4.08. The molecular formula is C22H27N3O2. The number of rotatable bonds is 3. The van der Waals surface area contributed by atoms with Crippen LogP contribution in [0.25, 0.3) is 0 Å². The van der Waals surface area contributed by atoms with Gasteiger partial charge in [-0.25, -0.2) is 0 Å². The molecule has 1 atom stereocenters. The minimum absolute atomic E-state index is 0.0145. The van der Waals surface area contributed by atoms with E-state index in [1.807, 2.05) is 17.9 Å². The van der Waals surface area contributed by atoms with E-state index in [1.165, 1.54) is 0 Å². The summed E-state index contributed by atoms with van der Waals surface area (Å²) in [5.41, 5.74) is 4.65. The third-order valence-corrected chi connectivity index (χ3v) is 5.45. The molecule has 0 radical (unpaired) electrons. The number of piperazine rings is 1. The van der Waals surface area contributed by atoms with Crippen LogP contribution in [0.15, 0.2) is 28.9 Å². The van der Waals surface area contributed by atoms with Gasteiger partial charge in [-0.05, 0) is 49.9 Å². The fraction of sp³-hybridized carbons (Fsp3) is 0.455. The van der Waals surface area contributed by atoms with E-state index in [2.05, 4.69) is 44.7 Å². The molecule has 2 heterocycles. The number of furan rings is 1. The number of hydrogen-bond acceptors (Lipinski definition) is 4. The van der Waals surface area contributed by atoms with Crippen molar-refractivity contribution in [2.45, 2.75) is 46.6 Å². The van der Waals surface area contributed by atoms with Crippen LogP contribution in [0.5, 0.6) is 0 Å². The fourth-order valence-corrected chi connectivity index (χ4v) is 4.08. The molecule has 5 nitrogen and oxygen atoms in total. The van der Waals surface area contributed by atoms with Crippen LogP contribution in [0.4, 0.5) is 5.69 Å². The summed E-state index contributed by atoms with van der Waals surface area (Å²) in [5.74, 6) is 0.964. The van der Waals surface area contributed by atoms with Crippen LogP contribution in [0, 0.1) is 25.2 Å². The first-order chi connectivity index (χ1) is 12.8. The molecule has 1 aromatic carbocycles. The summed E-state index contributed by atoms with van der Waals surface area (Å²) in [6.45, 7) is 12.2. The van der Waals surface area contributed by atoms with Gasteiger partial charge in [0.05, 0.1) is 23.1 Å². The van der Waals surface area contributed by atoms with Gasteiger partial charge in [-0.3, -0.25) is 4.79 Å². The number of amides is 1. The van der Waals surface area contributed by atoms with E-state index in [1.54, 1.807) is 12.3 Å². The summed E-state index contributed by atoms with van der Waals surface area (Å²) >= 11 is 0. The second-order valence-corrected chi connectivity index (χ2v) is 7.64. The largest absolute Gasteiger partial charge is 0.469 e. The third kappa shape index (κ3) is 3.44. The molecule has 0 aliphatic carbocycles. The van der Waals surface area contributed by atoms with Crippen LogP contribution < -0.4 is 4.90 Å². The average Bonchev–Trinajstić information content (AvgIpc) is 3.06. The molecule has 1 aliphatic rings. The summed E-state index contributed by atoms with van der Waals surface area (Å²) in [6, 6.07) is 8.36. The summed E-state index contributed by atoms with van der Waals surface area (Å²) in [4.78, 5) is 17.0. The van der Waals surface area contributed by atoms with Gasteiger partial charge in [0.15, 0.2) is 0 Å². The summed E-state index contributed by atoms with van der Waals surface area (Å²) in [6.07, 6.45) is 1.56. The molecule has 2 aromatic rings. The van der Waals surface area contributed by atoms with E-state index >= 15 is 0 Å². The molecule has 5 heteroatoms. The highest BCUT2D eigenvalue weighted by Crippen LogP contribution is 2.32. The topological polar surface area (TPSA) is 60.5 Å². The van der Waals surface area contributed by atoms with Crippen molar-refractivity contribution in [2.24, 2.45) is 0 Å². The Balaban J connectivity index is 1.85. The molecule has 0 bridgehead atoms. The van der Waals surface area contributed by atoms with Crippen molar-refractivity contribution in [1.29, 1.82) is 5.26 Å². The average molecular weight is 365 g/mol. The van der Waals surface area contributed by atoms with Crippen LogP contribution in [-0.2, 0) is 0 Å². The summed E-state index contributed by atoms with van der Waals surface area (Å²) in [5, 5.41) is 9.81. The van der Waals surface area contributed by atoms with Gasteiger partial charge in [0.1, 0.15) is 11.8 Å². The van der Waals surface area contributed by atoms with Crippen molar-refractivity contribution in [2.75, 3.05) is 24.5 Å². The van der Waals surface area contributed by atoms with Gasteiger partial charge in [-0.2, -0.15) is 5.26 Å². The second kappa shape index (κ2) is 7.48. The Morgan fingerprint density at radius 1 is 1.26 bits per heavy atom. The third-order valence-electron chi connectivity index (χ3n) is 5.45. The highest BCUT2D eigenvalue weighted by atomic mass is 16.3. The van der Waals surface area contributed by atoms with E-state index < -0.39 is 0 Å². The Morgan fingerprint density at radius 2 is 2.00 bits per heavy atom. The standard InChI is InChI=1S/C22H27N3O2/c1-14(2)21-15(3)6-7-20(19(21)12-23)24-9-10-25(16(4)13-24)22(26)18-8-11-27-17(18)5/h6-8,11,14,16H,9-10,13H2,1-5H3. The molecule has 1 unspecified atom stereocenters. The zero-order chi connectivity index (χ0) is 19.7. The van der Waals surface area contributed by atoms with Gasteiger partial charge >= 0.3 is 0 Å². The lowest BCUT2D eigenvalue weighted by Crippen LogP contribution is -2.54. The maximum atomic E-state index is 12.8. The van der Waals surface area contributed by atoms with Gasteiger partial charge in [-0.15, -0.1) is 0 Å². The number of aryl methyl sites for hydroxylation is 2. The molecule has 0 saturated carbocycles. The van der Waals surface area contributed by atoms with E-state index in [0.29, 0.717) is 36.9 Å². The van der Waals surface area contributed by atoms with Crippen molar-refractivity contribution in [3.63, 3.8) is 0 Å². The quantitative estimate of drug-likeness (QED) is 0.816. The zero-order valence-electron chi connectivity index (χ0n) is 16.7. The van der Waals surface area contributed by atoms with Crippen LogP contribution in [0.3, 0.4) is 0 Å². The molecule has 1 aliphatic heterocycles. The maximum absolute atomic E-state index is 12.8.